The number of nitriles is 1. The third-order valence-corrected chi connectivity index (χ3v) is 2.30. The predicted octanol–water partition coefficient (Wildman–Crippen LogP) is 1.21. The number of aryl methyl sites for hydroxylation is 1. The van der Waals surface area contributed by atoms with Crippen molar-refractivity contribution in [3.8, 4) is 6.07 Å². The summed E-state index contributed by atoms with van der Waals surface area (Å²) in [6, 6.07) is 5.83. The van der Waals surface area contributed by atoms with Crippen LogP contribution in [0.2, 0.25) is 0 Å². The molecule has 17 heavy (non-hydrogen) atoms. The third kappa shape index (κ3) is 3.24. The molecule has 6 heteroatoms. The number of nitrogens with zero attached hydrogens (tertiary/aromatic N) is 2. The van der Waals surface area contributed by atoms with E-state index in [9.17, 15) is 20.3 Å². The van der Waals surface area contributed by atoms with Crippen LogP contribution in [0, 0.1) is 28.4 Å². The van der Waals surface area contributed by atoms with Crippen LogP contribution in [0.25, 0.3) is 0 Å². The summed E-state index contributed by atoms with van der Waals surface area (Å²) in [4.78, 5) is 10.1. The molecule has 0 saturated carbocycles. The molecule has 0 amide bonds. The van der Waals surface area contributed by atoms with Crippen LogP contribution in [0.4, 0.5) is 5.69 Å². The SMILES string of the molecule is Cc1cc(C(O)C(O)CC#N)cc([N+](=O)[O-])c1. The molecule has 2 atom stereocenters. The molecule has 2 N–H and O–H groups in total. The van der Waals surface area contributed by atoms with E-state index in [0.717, 1.165) is 0 Å². The summed E-state index contributed by atoms with van der Waals surface area (Å²) < 4.78 is 0. The summed E-state index contributed by atoms with van der Waals surface area (Å²) in [5.74, 6) is 0. The number of non-ortho nitro benzene ring substituents is 1. The van der Waals surface area contributed by atoms with Crippen LogP contribution in [0.3, 0.4) is 0 Å². The second-order valence-corrected chi connectivity index (χ2v) is 3.73. The molecule has 90 valence electrons. The van der Waals surface area contributed by atoms with Crippen LogP contribution in [0.15, 0.2) is 18.2 Å². The van der Waals surface area contributed by atoms with E-state index in [1.807, 2.05) is 0 Å². The van der Waals surface area contributed by atoms with E-state index < -0.39 is 17.1 Å². The first-order valence-corrected chi connectivity index (χ1v) is 4.94. The molecule has 0 fully saturated rings. The summed E-state index contributed by atoms with van der Waals surface area (Å²) in [5, 5.41) is 38.2. The number of rotatable bonds is 4. The Morgan fingerprint density at radius 2 is 2.12 bits per heavy atom. The van der Waals surface area contributed by atoms with Crippen molar-refractivity contribution < 1.29 is 15.1 Å². The van der Waals surface area contributed by atoms with Gasteiger partial charge in [0.2, 0.25) is 0 Å². The molecule has 0 aliphatic heterocycles. The summed E-state index contributed by atoms with van der Waals surface area (Å²) >= 11 is 0. The van der Waals surface area contributed by atoms with Crippen LogP contribution in [0.5, 0.6) is 0 Å². The van der Waals surface area contributed by atoms with Gasteiger partial charge in [0.25, 0.3) is 5.69 Å². The Labute approximate surface area is 97.9 Å². The molecule has 0 aromatic heterocycles. The zero-order chi connectivity index (χ0) is 13.0. The van der Waals surface area contributed by atoms with Crippen molar-refractivity contribution in [3.05, 3.63) is 39.4 Å². The fourth-order valence-corrected chi connectivity index (χ4v) is 1.50. The fraction of sp³-hybridized carbons (Fsp3) is 0.364. The van der Waals surface area contributed by atoms with Gasteiger partial charge in [0.05, 0.1) is 23.5 Å². The van der Waals surface area contributed by atoms with Gasteiger partial charge in [-0.1, -0.05) is 6.07 Å². The maximum atomic E-state index is 10.6. The van der Waals surface area contributed by atoms with E-state index in [1.54, 1.807) is 13.0 Å². The van der Waals surface area contributed by atoms with Gasteiger partial charge in [-0.15, -0.1) is 0 Å². The molecule has 1 aromatic rings. The predicted molar refractivity (Wildman–Crippen MR) is 59.0 cm³/mol. The lowest BCUT2D eigenvalue weighted by Crippen LogP contribution is -2.17. The molecule has 1 aromatic carbocycles. The highest BCUT2D eigenvalue weighted by Crippen LogP contribution is 2.24. The number of aliphatic hydroxyl groups excluding tert-OH is 2. The van der Waals surface area contributed by atoms with Gasteiger partial charge in [-0.25, -0.2) is 0 Å². The Hall–Kier alpha value is -1.97. The molecular weight excluding hydrogens is 224 g/mol. The van der Waals surface area contributed by atoms with E-state index in [2.05, 4.69) is 0 Å². The highest BCUT2D eigenvalue weighted by Gasteiger charge is 2.20. The van der Waals surface area contributed by atoms with Crippen molar-refractivity contribution in [2.24, 2.45) is 0 Å². The summed E-state index contributed by atoms with van der Waals surface area (Å²) in [5.41, 5.74) is 0.695. The molecule has 0 bridgehead atoms. The first-order chi connectivity index (χ1) is 7.95. The van der Waals surface area contributed by atoms with E-state index in [1.165, 1.54) is 18.2 Å². The molecule has 6 nitrogen and oxygen atoms in total. The molecule has 0 radical (unpaired) electrons. The average Bonchev–Trinajstić information content (AvgIpc) is 2.27. The van der Waals surface area contributed by atoms with Gasteiger partial charge in [-0.3, -0.25) is 10.1 Å². The monoisotopic (exact) mass is 236 g/mol. The smallest absolute Gasteiger partial charge is 0.270 e. The van der Waals surface area contributed by atoms with Crippen LogP contribution in [-0.4, -0.2) is 21.2 Å². The standard InChI is InChI=1S/C11H12N2O4/c1-7-4-8(6-9(5-7)13(16)17)11(15)10(14)2-3-12/h4-6,10-11,14-15H,2H2,1H3. The van der Waals surface area contributed by atoms with Gasteiger partial charge < -0.3 is 10.2 Å². The average molecular weight is 236 g/mol. The van der Waals surface area contributed by atoms with Crippen LogP contribution in [-0.2, 0) is 0 Å². The number of aliphatic hydroxyl groups is 2. The summed E-state index contributed by atoms with van der Waals surface area (Å²) in [7, 11) is 0. The minimum atomic E-state index is -1.30. The molecule has 0 aliphatic rings. The van der Waals surface area contributed by atoms with E-state index in [4.69, 9.17) is 5.26 Å². The highest BCUT2D eigenvalue weighted by molar-refractivity contribution is 5.40. The second kappa shape index (κ2) is 5.39. The normalized spacial score (nSPS) is 13.8. The lowest BCUT2D eigenvalue weighted by molar-refractivity contribution is -0.385. The molecule has 2 unspecified atom stereocenters. The zero-order valence-electron chi connectivity index (χ0n) is 9.20. The van der Waals surface area contributed by atoms with E-state index in [0.29, 0.717) is 5.56 Å². The molecule has 0 saturated heterocycles. The Morgan fingerprint density at radius 1 is 1.47 bits per heavy atom. The maximum Gasteiger partial charge on any atom is 0.270 e. The van der Waals surface area contributed by atoms with Crippen molar-refractivity contribution in [2.45, 2.75) is 25.6 Å². The van der Waals surface area contributed by atoms with Crippen molar-refractivity contribution in [1.82, 2.24) is 0 Å². The highest BCUT2D eigenvalue weighted by atomic mass is 16.6. The topological polar surface area (TPSA) is 107 Å². The van der Waals surface area contributed by atoms with Crippen molar-refractivity contribution in [3.63, 3.8) is 0 Å². The third-order valence-electron chi connectivity index (χ3n) is 2.30. The van der Waals surface area contributed by atoms with Crippen molar-refractivity contribution in [1.29, 1.82) is 5.26 Å². The first kappa shape index (κ1) is 13.1. The fourth-order valence-electron chi connectivity index (χ4n) is 1.50. The van der Waals surface area contributed by atoms with Crippen molar-refractivity contribution in [2.75, 3.05) is 0 Å². The van der Waals surface area contributed by atoms with Crippen LogP contribution < -0.4 is 0 Å². The van der Waals surface area contributed by atoms with E-state index >= 15 is 0 Å². The van der Waals surface area contributed by atoms with Gasteiger partial charge in [0.15, 0.2) is 0 Å². The Morgan fingerprint density at radius 3 is 2.65 bits per heavy atom. The number of hydrogen-bond acceptors (Lipinski definition) is 5. The maximum absolute atomic E-state index is 10.6. The molecule has 0 spiro atoms. The van der Waals surface area contributed by atoms with Gasteiger partial charge in [-0.05, 0) is 18.1 Å². The molecule has 0 aliphatic carbocycles. The van der Waals surface area contributed by atoms with Crippen LogP contribution >= 0.6 is 0 Å². The van der Waals surface area contributed by atoms with Crippen molar-refractivity contribution >= 4 is 5.69 Å². The Balaban J connectivity index is 3.06. The molecule has 1 rings (SSSR count). The van der Waals surface area contributed by atoms with Gasteiger partial charge in [-0.2, -0.15) is 5.26 Å². The number of nitro groups is 1. The lowest BCUT2D eigenvalue weighted by atomic mass is 10.00. The van der Waals surface area contributed by atoms with Gasteiger partial charge >= 0.3 is 0 Å². The first-order valence-electron chi connectivity index (χ1n) is 4.94. The molecular formula is C11H12N2O4. The minimum absolute atomic E-state index is 0.150. The zero-order valence-corrected chi connectivity index (χ0v) is 9.20. The Bertz CT molecular complexity index is 467. The number of benzene rings is 1. The lowest BCUT2D eigenvalue weighted by Gasteiger charge is -2.15. The Kier molecular flexibility index (Phi) is 4.15. The van der Waals surface area contributed by atoms with Gasteiger partial charge in [0.1, 0.15) is 6.10 Å². The molecule has 0 heterocycles. The summed E-state index contributed by atoms with van der Waals surface area (Å²) in [6.45, 7) is 1.65. The van der Waals surface area contributed by atoms with Crippen LogP contribution in [0.1, 0.15) is 23.7 Å². The minimum Gasteiger partial charge on any atom is -0.389 e. The summed E-state index contributed by atoms with van der Waals surface area (Å²) in [6.07, 6.45) is -2.78. The number of hydrogen-bond donors (Lipinski definition) is 2. The second-order valence-electron chi connectivity index (χ2n) is 3.73. The number of nitro benzene ring substituents is 1. The quantitative estimate of drug-likeness (QED) is 0.603. The largest absolute Gasteiger partial charge is 0.389 e. The van der Waals surface area contributed by atoms with E-state index in [-0.39, 0.29) is 17.7 Å². The van der Waals surface area contributed by atoms with Gasteiger partial charge in [0, 0.05) is 12.1 Å².